The monoisotopic (exact) mass is 426 g/mol. The smallest absolute Gasteiger partial charge is 0.246 e. The molecule has 0 spiro atoms. The van der Waals surface area contributed by atoms with E-state index in [1.165, 1.54) is 11.9 Å². The maximum absolute atomic E-state index is 13.6. The van der Waals surface area contributed by atoms with Gasteiger partial charge in [0.25, 0.3) is 0 Å². The summed E-state index contributed by atoms with van der Waals surface area (Å²) in [5.41, 5.74) is 2.06. The fourth-order valence-electron chi connectivity index (χ4n) is 4.82. The van der Waals surface area contributed by atoms with E-state index in [9.17, 15) is 4.79 Å². The normalized spacial score (nSPS) is 25.7. The van der Waals surface area contributed by atoms with Gasteiger partial charge < -0.3 is 4.74 Å². The molecule has 1 aromatic heterocycles. The fourth-order valence-corrected chi connectivity index (χ4v) is 5.18. The van der Waals surface area contributed by atoms with Crippen LogP contribution in [0.4, 0.5) is 0 Å². The summed E-state index contributed by atoms with van der Waals surface area (Å²) in [6, 6.07) is 10.5. The van der Waals surface area contributed by atoms with Crippen LogP contribution in [0.3, 0.4) is 0 Å². The van der Waals surface area contributed by atoms with Gasteiger partial charge in [0, 0.05) is 31.5 Å². The van der Waals surface area contributed by atoms with Gasteiger partial charge in [0.15, 0.2) is 0 Å². The molecule has 2 heterocycles. The highest BCUT2D eigenvalue weighted by molar-refractivity contribution is 7.97. The number of aromatic nitrogens is 1. The van der Waals surface area contributed by atoms with Crippen molar-refractivity contribution in [3.8, 4) is 0 Å². The Labute approximate surface area is 182 Å². The molecule has 2 atom stereocenters. The Bertz CT molecular complexity index is 934. The van der Waals surface area contributed by atoms with Gasteiger partial charge in [-0.15, -0.1) is 0 Å². The Hall–Kier alpha value is -2.12. The van der Waals surface area contributed by atoms with Crippen LogP contribution in [-0.2, 0) is 14.9 Å². The summed E-state index contributed by atoms with van der Waals surface area (Å²) < 4.78 is 8.43. The maximum Gasteiger partial charge on any atom is 0.246 e. The predicted molar refractivity (Wildman–Crippen MR) is 123 cm³/mol. The SMILES string of the molecule is COCC1CCCN1N=C1CCCCC1(C(=O)NSC)c1cnc2ccccc2c1. The van der Waals surface area contributed by atoms with Crippen LogP contribution in [0.1, 0.15) is 44.1 Å². The summed E-state index contributed by atoms with van der Waals surface area (Å²) in [6.45, 7) is 1.58. The molecule has 160 valence electrons. The Morgan fingerprint density at radius 1 is 1.37 bits per heavy atom. The maximum atomic E-state index is 13.6. The van der Waals surface area contributed by atoms with Crippen molar-refractivity contribution in [1.82, 2.24) is 14.7 Å². The highest BCUT2D eigenvalue weighted by Gasteiger charge is 2.47. The molecule has 4 rings (SSSR count). The summed E-state index contributed by atoms with van der Waals surface area (Å²) in [5.74, 6) is 0.00743. The lowest BCUT2D eigenvalue weighted by molar-refractivity contribution is -0.123. The number of nitrogens with one attached hydrogen (secondary N) is 1. The van der Waals surface area contributed by atoms with Crippen molar-refractivity contribution >= 4 is 34.5 Å². The van der Waals surface area contributed by atoms with Crippen molar-refractivity contribution in [3.63, 3.8) is 0 Å². The first-order chi connectivity index (χ1) is 14.7. The van der Waals surface area contributed by atoms with E-state index in [0.717, 1.165) is 67.2 Å². The van der Waals surface area contributed by atoms with Crippen LogP contribution in [0.15, 0.2) is 41.6 Å². The minimum atomic E-state index is -0.779. The summed E-state index contributed by atoms with van der Waals surface area (Å²) >= 11 is 1.35. The van der Waals surface area contributed by atoms with Gasteiger partial charge in [0.1, 0.15) is 5.41 Å². The van der Waals surface area contributed by atoms with Gasteiger partial charge in [-0.2, -0.15) is 5.10 Å². The third-order valence-electron chi connectivity index (χ3n) is 6.33. The number of para-hydroxylation sites is 1. The molecule has 6 nitrogen and oxygen atoms in total. The van der Waals surface area contributed by atoms with E-state index >= 15 is 0 Å². The average Bonchev–Trinajstić information content (AvgIpc) is 3.21. The zero-order valence-electron chi connectivity index (χ0n) is 17.8. The van der Waals surface area contributed by atoms with Gasteiger partial charge >= 0.3 is 0 Å². The van der Waals surface area contributed by atoms with Crippen LogP contribution in [0, 0.1) is 0 Å². The number of carbonyl (C=O) groups excluding carboxylic acids is 1. The highest BCUT2D eigenvalue weighted by Crippen LogP contribution is 2.40. The minimum absolute atomic E-state index is 0.00743. The number of ether oxygens (including phenoxy) is 1. The van der Waals surface area contributed by atoms with E-state index in [4.69, 9.17) is 9.84 Å². The first-order valence-electron chi connectivity index (χ1n) is 10.7. The van der Waals surface area contributed by atoms with E-state index in [1.807, 2.05) is 30.7 Å². The number of amides is 1. The number of benzene rings is 1. The zero-order chi connectivity index (χ0) is 21.0. The van der Waals surface area contributed by atoms with Crippen LogP contribution in [-0.4, -0.2) is 54.2 Å². The molecule has 1 N–H and O–H groups in total. The zero-order valence-corrected chi connectivity index (χ0v) is 18.6. The van der Waals surface area contributed by atoms with Crippen LogP contribution in [0.2, 0.25) is 0 Å². The lowest BCUT2D eigenvalue weighted by Gasteiger charge is -2.38. The number of methoxy groups -OCH3 is 1. The van der Waals surface area contributed by atoms with Crippen LogP contribution >= 0.6 is 11.9 Å². The quantitative estimate of drug-likeness (QED) is 0.710. The van der Waals surface area contributed by atoms with Crippen molar-refractivity contribution < 1.29 is 9.53 Å². The number of fused-ring (bicyclic) bond motifs is 1. The molecular weight excluding hydrogens is 396 g/mol. The van der Waals surface area contributed by atoms with E-state index in [0.29, 0.717) is 6.61 Å². The van der Waals surface area contributed by atoms with Crippen LogP contribution in [0.25, 0.3) is 10.9 Å². The number of hydrogen-bond donors (Lipinski definition) is 1. The van der Waals surface area contributed by atoms with Crippen molar-refractivity contribution in [1.29, 1.82) is 0 Å². The summed E-state index contributed by atoms with van der Waals surface area (Å²) in [5, 5.41) is 8.32. The molecule has 2 aromatic rings. The fraction of sp³-hybridized carbons (Fsp3) is 0.522. The Morgan fingerprint density at radius 3 is 3.07 bits per heavy atom. The van der Waals surface area contributed by atoms with Gasteiger partial charge in [-0.1, -0.05) is 36.6 Å². The van der Waals surface area contributed by atoms with E-state index < -0.39 is 5.41 Å². The third kappa shape index (κ3) is 3.93. The summed E-state index contributed by atoms with van der Waals surface area (Å²) in [6.07, 6.45) is 9.56. The number of hydrazone groups is 1. The molecule has 0 bridgehead atoms. The highest BCUT2D eigenvalue weighted by atomic mass is 32.2. The van der Waals surface area contributed by atoms with Gasteiger partial charge in [-0.3, -0.25) is 19.5 Å². The average molecular weight is 427 g/mol. The molecule has 1 saturated heterocycles. The predicted octanol–water partition coefficient (Wildman–Crippen LogP) is 3.91. The Kier molecular flexibility index (Phi) is 6.58. The lowest BCUT2D eigenvalue weighted by atomic mass is 9.67. The second-order valence-corrected chi connectivity index (χ2v) is 8.74. The molecule has 1 aliphatic carbocycles. The van der Waals surface area contributed by atoms with E-state index in [-0.39, 0.29) is 11.9 Å². The Morgan fingerprint density at radius 2 is 2.23 bits per heavy atom. The first-order valence-corrected chi connectivity index (χ1v) is 11.9. The first kappa shape index (κ1) is 21.1. The van der Waals surface area contributed by atoms with Crippen molar-refractivity contribution in [2.45, 2.75) is 50.0 Å². The van der Waals surface area contributed by atoms with Crippen molar-refractivity contribution in [2.75, 3.05) is 26.5 Å². The molecule has 1 amide bonds. The van der Waals surface area contributed by atoms with Gasteiger partial charge in [-0.05, 0) is 49.8 Å². The third-order valence-corrected chi connectivity index (χ3v) is 6.72. The molecule has 7 heteroatoms. The van der Waals surface area contributed by atoms with E-state index in [2.05, 4.69) is 26.8 Å². The van der Waals surface area contributed by atoms with Crippen molar-refractivity contribution in [2.24, 2.45) is 5.10 Å². The molecular formula is C23H30N4O2S. The van der Waals surface area contributed by atoms with E-state index in [1.54, 1.807) is 7.11 Å². The van der Waals surface area contributed by atoms with Crippen molar-refractivity contribution in [3.05, 3.63) is 42.1 Å². The van der Waals surface area contributed by atoms with Crippen LogP contribution in [0.5, 0.6) is 0 Å². The molecule has 0 radical (unpaired) electrons. The van der Waals surface area contributed by atoms with Gasteiger partial charge in [-0.25, -0.2) is 0 Å². The lowest BCUT2D eigenvalue weighted by Crippen LogP contribution is -2.51. The topological polar surface area (TPSA) is 66.8 Å². The molecule has 2 aliphatic rings. The molecule has 2 fully saturated rings. The minimum Gasteiger partial charge on any atom is -0.382 e. The molecule has 1 aliphatic heterocycles. The van der Waals surface area contributed by atoms with Gasteiger partial charge in [0.05, 0.1) is 23.9 Å². The van der Waals surface area contributed by atoms with Gasteiger partial charge in [0.2, 0.25) is 5.91 Å². The summed E-state index contributed by atoms with van der Waals surface area (Å²) in [4.78, 5) is 18.2. The number of hydrogen-bond acceptors (Lipinski definition) is 6. The second-order valence-electron chi connectivity index (χ2n) is 8.13. The summed E-state index contributed by atoms with van der Waals surface area (Å²) in [7, 11) is 1.74. The Balaban J connectivity index is 1.82. The molecule has 1 aromatic carbocycles. The number of pyridine rings is 1. The number of carbonyl (C=O) groups is 1. The standard InChI is InChI=1S/C23H30N4O2S/c1-29-16-19-9-7-13-27(19)25-21-11-5-6-12-23(21,22(28)26-30-2)18-14-17-8-3-4-10-20(17)24-15-18/h3-4,8,10,14-15,19H,5-7,9,11-13,16H2,1-2H3,(H,26,28). The number of rotatable bonds is 6. The molecule has 30 heavy (non-hydrogen) atoms. The molecule has 1 saturated carbocycles. The molecule has 2 unspecified atom stereocenters. The largest absolute Gasteiger partial charge is 0.382 e. The number of nitrogens with zero attached hydrogens (tertiary/aromatic N) is 3. The van der Waals surface area contributed by atoms with Crippen LogP contribution < -0.4 is 4.72 Å². The second kappa shape index (κ2) is 9.35.